The van der Waals surface area contributed by atoms with Gasteiger partial charge in [-0.3, -0.25) is 9.69 Å². The summed E-state index contributed by atoms with van der Waals surface area (Å²) in [7, 11) is 2.11. The lowest BCUT2D eigenvalue weighted by atomic mass is 10.2. The van der Waals surface area contributed by atoms with E-state index in [-0.39, 0.29) is 23.2 Å². The number of nitrogens with zero attached hydrogens (tertiary/aromatic N) is 2. The zero-order valence-corrected chi connectivity index (χ0v) is 9.90. The van der Waals surface area contributed by atoms with Crippen LogP contribution in [0.4, 0.5) is 0 Å². The van der Waals surface area contributed by atoms with Gasteiger partial charge in [0.15, 0.2) is 0 Å². The van der Waals surface area contributed by atoms with Crippen LogP contribution in [0.15, 0.2) is 0 Å². The van der Waals surface area contributed by atoms with Crippen LogP contribution in [-0.4, -0.2) is 53.8 Å². The summed E-state index contributed by atoms with van der Waals surface area (Å²) >= 11 is 5.61. The first-order chi connectivity index (χ1) is 6.15. The topological polar surface area (TPSA) is 23.6 Å². The second-order valence-corrected chi connectivity index (χ2v) is 4.44. The van der Waals surface area contributed by atoms with Crippen molar-refractivity contribution >= 4 is 29.3 Å². The van der Waals surface area contributed by atoms with E-state index in [0.717, 1.165) is 39.0 Å². The number of rotatable bonds is 2. The minimum absolute atomic E-state index is 0. The third-order valence-corrected chi connectivity index (χ3v) is 3.55. The zero-order valence-electron chi connectivity index (χ0n) is 8.33. The molecule has 0 aromatic rings. The fraction of sp³-hybridized carbons (Fsp3) is 0.889. The smallest absolute Gasteiger partial charge is 0.241 e. The van der Waals surface area contributed by atoms with Crippen molar-refractivity contribution in [2.45, 2.75) is 18.4 Å². The van der Waals surface area contributed by atoms with Crippen molar-refractivity contribution in [2.75, 3.05) is 33.2 Å². The summed E-state index contributed by atoms with van der Waals surface area (Å²) in [5.41, 5.74) is -0.261. The Kier molecular flexibility index (Phi) is 3.81. The van der Waals surface area contributed by atoms with Crippen LogP contribution in [0, 0.1) is 0 Å². The standard InChI is InChI=1S/C9H15ClN2O.ClH/c1-11-4-6-12(7-5-11)9(2-3-9)8(10)13;/h2-7H2,1H3;1H. The quantitative estimate of drug-likeness (QED) is 0.670. The molecular weight excluding hydrogens is 223 g/mol. The SMILES string of the molecule is CN1CCN(C2(C(=O)Cl)CC2)CC1.Cl. The lowest BCUT2D eigenvalue weighted by molar-refractivity contribution is -0.118. The molecule has 0 spiro atoms. The summed E-state index contributed by atoms with van der Waals surface area (Å²) in [6.07, 6.45) is 1.91. The fourth-order valence-electron chi connectivity index (χ4n) is 1.99. The summed E-state index contributed by atoms with van der Waals surface area (Å²) in [5.74, 6) is 0. The normalized spacial score (nSPS) is 26.7. The van der Waals surface area contributed by atoms with Crippen molar-refractivity contribution < 1.29 is 4.79 Å². The van der Waals surface area contributed by atoms with Gasteiger partial charge in [-0.2, -0.15) is 0 Å². The summed E-state index contributed by atoms with van der Waals surface area (Å²) in [6.45, 7) is 4.06. The average molecular weight is 239 g/mol. The Hall–Kier alpha value is 0.170. The van der Waals surface area contributed by atoms with E-state index in [9.17, 15) is 4.79 Å². The van der Waals surface area contributed by atoms with Crippen molar-refractivity contribution in [3.63, 3.8) is 0 Å². The zero-order chi connectivity index (χ0) is 9.47. The number of hydrogen-bond donors (Lipinski definition) is 0. The predicted octanol–water partition coefficient (Wildman–Crippen LogP) is 0.954. The van der Waals surface area contributed by atoms with Crippen LogP contribution in [0.25, 0.3) is 0 Å². The Bertz CT molecular complexity index is 223. The van der Waals surface area contributed by atoms with E-state index in [1.54, 1.807) is 0 Å². The van der Waals surface area contributed by atoms with E-state index in [4.69, 9.17) is 11.6 Å². The van der Waals surface area contributed by atoms with Gasteiger partial charge in [-0.25, -0.2) is 0 Å². The maximum Gasteiger partial charge on any atom is 0.241 e. The van der Waals surface area contributed by atoms with E-state index in [0.29, 0.717) is 0 Å². The highest BCUT2D eigenvalue weighted by Gasteiger charge is 2.53. The van der Waals surface area contributed by atoms with Crippen LogP contribution >= 0.6 is 24.0 Å². The Morgan fingerprint density at radius 3 is 2.07 bits per heavy atom. The van der Waals surface area contributed by atoms with Crippen LogP contribution in [0.3, 0.4) is 0 Å². The largest absolute Gasteiger partial charge is 0.304 e. The number of likely N-dealkylation sites (N-methyl/N-ethyl adjacent to an activating group) is 1. The molecule has 3 nitrogen and oxygen atoms in total. The molecule has 2 aliphatic rings. The Morgan fingerprint density at radius 1 is 1.21 bits per heavy atom. The van der Waals surface area contributed by atoms with Crippen molar-refractivity contribution in [2.24, 2.45) is 0 Å². The van der Waals surface area contributed by atoms with E-state index in [2.05, 4.69) is 16.8 Å². The van der Waals surface area contributed by atoms with E-state index in [1.165, 1.54) is 0 Å². The van der Waals surface area contributed by atoms with Gasteiger partial charge in [0.2, 0.25) is 5.24 Å². The highest BCUT2D eigenvalue weighted by molar-refractivity contribution is 6.66. The minimum atomic E-state index is -0.261. The van der Waals surface area contributed by atoms with Crippen LogP contribution in [0.5, 0.6) is 0 Å². The Balaban J connectivity index is 0.000000980. The third kappa shape index (κ3) is 2.06. The lowest BCUT2D eigenvalue weighted by Gasteiger charge is -2.36. The van der Waals surface area contributed by atoms with Gasteiger partial charge in [-0.1, -0.05) is 0 Å². The molecule has 0 unspecified atom stereocenters. The first-order valence-corrected chi connectivity index (χ1v) is 5.16. The summed E-state index contributed by atoms with van der Waals surface area (Å²) in [4.78, 5) is 15.8. The molecule has 1 aliphatic heterocycles. The van der Waals surface area contributed by atoms with Crippen molar-refractivity contribution in [3.05, 3.63) is 0 Å². The molecule has 1 saturated heterocycles. The Morgan fingerprint density at radius 2 is 1.71 bits per heavy atom. The van der Waals surface area contributed by atoms with Gasteiger partial charge in [0.1, 0.15) is 0 Å². The van der Waals surface area contributed by atoms with Crippen molar-refractivity contribution in [3.8, 4) is 0 Å². The van der Waals surface area contributed by atoms with Gasteiger partial charge >= 0.3 is 0 Å². The predicted molar refractivity (Wildman–Crippen MR) is 59.1 cm³/mol. The molecule has 2 fully saturated rings. The van der Waals surface area contributed by atoms with Crippen LogP contribution in [-0.2, 0) is 4.79 Å². The summed E-state index contributed by atoms with van der Waals surface area (Å²) in [6, 6.07) is 0. The number of piperazine rings is 1. The Labute approximate surface area is 95.8 Å². The van der Waals surface area contributed by atoms with Gasteiger partial charge < -0.3 is 4.90 Å². The van der Waals surface area contributed by atoms with E-state index >= 15 is 0 Å². The van der Waals surface area contributed by atoms with Gasteiger partial charge in [-0.15, -0.1) is 12.4 Å². The van der Waals surface area contributed by atoms with Gasteiger partial charge in [0.05, 0.1) is 5.54 Å². The molecule has 82 valence electrons. The van der Waals surface area contributed by atoms with Crippen LogP contribution < -0.4 is 0 Å². The molecule has 0 aromatic carbocycles. The fourth-order valence-corrected chi connectivity index (χ4v) is 2.30. The first kappa shape index (κ1) is 12.2. The average Bonchev–Trinajstić information content (AvgIpc) is 2.86. The molecular formula is C9H16Cl2N2O. The molecule has 0 N–H and O–H groups in total. The summed E-state index contributed by atoms with van der Waals surface area (Å²) < 4.78 is 0. The molecule has 1 saturated carbocycles. The molecule has 2 rings (SSSR count). The lowest BCUT2D eigenvalue weighted by Crippen LogP contribution is -2.52. The van der Waals surface area contributed by atoms with Gasteiger partial charge in [0.25, 0.3) is 0 Å². The first-order valence-electron chi connectivity index (χ1n) is 4.79. The number of carbonyl (C=O) groups excluding carboxylic acids is 1. The molecule has 0 atom stereocenters. The minimum Gasteiger partial charge on any atom is -0.304 e. The number of hydrogen-bond acceptors (Lipinski definition) is 3. The van der Waals surface area contributed by atoms with E-state index < -0.39 is 0 Å². The second-order valence-electron chi connectivity index (χ2n) is 4.10. The highest BCUT2D eigenvalue weighted by atomic mass is 35.5. The molecule has 0 radical (unpaired) electrons. The van der Waals surface area contributed by atoms with Crippen LogP contribution in [0.1, 0.15) is 12.8 Å². The molecule has 1 heterocycles. The molecule has 0 bridgehead atoms. The number of halogens is 2. The second kappa shape index (κ2) is 4.35. The molecule has 14 heavy (non-hydrogen) atoms. The molecule has 5 heteroatoms. The maximum absolute atomic E-state index is 11.2. The third-order valence-electron chi connectivity index (χ3n) is 3.20. The van der Waals surface area contributed by atoms with E-state index in [1.807, 2.05) is 0 Å². The van der Waals surface area contributed by atoms with Crippen molar-refractivity contribution in [1.82, 2.24) is 9.80 Å². The van der Waals surface area contributed by atoms with Crippen LogP contribution in [0.2, 0.25) is 0 Å². The molecule has 1 aliphatic carbocycles. The van der Waals surface area contributed by atoms with Gasteiger partial charge in [-0.05, 0) is 31.5 Å². The van der Waals surface area contributed by atoms with Gasteiger partial charge in [0, 0.05) is 26.2 Å². The maximum atomic E-state index is 11.2. The summed E-state index contributed by atoms with van der Waals surface area (Å²) in [5, 5.41) is -0.156. The monoisotopic (exact) mass is 238 g/mol. The number of carbonyl (C=O) groups is 1. The van der Waals surface area contributed by atoms with Crippen molar-refractivity contribution in [1.29, 1.82) is 0 Å². The molecule has 0 aromatic heterocycles. The highest BCUT2D eigenvalue weighted by Crippen LogP contribution is 2.43. The molecule has 0 amide bonds.